The van der Waals surface area contributed by atoms with Crippen LogP contribution in [0.3, 0.4) is 0 Å². The summed E-state index contributed by atoms with van der Waals surface area (Å²) >= 11 is 0. The Balaban J connectivity index is 2.52. The molecule has 0 saturated carbocycles. The molecule has 0 fully saturated rings. The zero-order valence-corrected chi connectivity index (χ0v) is 11.2. The Morgan fingerprint density at radius 3 is 2.28 bits per heavy atom. The van der Waals surface area contributed by atoms with Gasteiger partial charge in [-0.05, 0) is 31.3 Å². The van der Waals surface area contributed by atoms with Crippen LogP contribution >= 0.6 is 0 Å². The van der Waals surface area contributed by atoms with Crippen LogP contribution in [-0.4, -0.2) is 26.1 Å². The van der Waals surface area contributed by atoms with Crippen LogP contribution in [0.25, 0.3) is 11.1 Å². The summed E-state index contributed by atoms with van der Waals surface area (Å²) in [6.45, 7) is 0.869. The lowest BCUT2D eigenvalue weighted by atomic mass is 9.98. The molecule has 0 amide bonds. The maximum Gasteiger partial charge on any atom is 0.123 e. The predicted molar refractivity (Wildman–Crippen MR) is 75.8 cm³/mol. The molecule has 2 nitrogen and oxygen atoms in total. The highest BCUT2D eigenvalue weighted by atomic mass is 16.5. The lowest BCUT2D eigenvalue weighted by Crippen LogP contribution is -2.12. The van der Waals surface area contributed by atoms with E-state index in [1.807, 2.05) is 18.2 Å². The minimum atomic E-state index is 0.869. The minimum Gasteiger partial charge on any atom is -0.496 e. The molecule has 0 aliphatic rings. The summed E-state index contributed by atoms with van der Waals surface area (Å²) in [7, 11) is 5.87. The van der Waals surface area contributed by atoms with Crippen LogP contribution in [0, 0.1) is 0 Å². The van der Waals surface area contributed by atoms with Crippen molar-refractivity contribution in [3.63, 3.8) is 0 Å². The van der Waals surface area contributed by atoms with Crippen LogP contribution in [0.4, 0.5) is 0 Å². The van der Waals surface area contributed by atoms with Crippen molar-refractivity contribution in [2.75, 3.05) is 21.2 Å². The highest BCUT2D eigenvalue weighted by Crippen LogP contribution is 2.31. The van der Waals surface area contributed by atoms with E-state index in [0.717, 1.165) is 12.3 Å². The standard InChI is InChI=1S/C16H19NO/c1-17(2)12-15-14(10-7-11-16(15)18-3)13-8-5-4-6-9-13/h4-11H,12H2,1-3H3. The molecule has 2 rings (SSSR count). The van der Waals surface area contributed by atoms with Gasteiger partial charge in [-0.25, -0.2) is 0 Å². The molecule has 0 N–H and O–H groups in total. The molecule has 2 heteroatoms. The SMILES string of the molecule is COc1cccc(-c2ccccc2)c1CN(C)C. The fourth-order valence-electron chi connectivity index (χ4n) is 2.12. The maximum absolute atomic E-state index is 5.48. The van der Waals surface area contributed by atoms with Gasteiger partial charge < -0.3 is 9.64 Å². The lowest BCUT2D eigenvalue weighted by molar-refractivity contribution is 0.372. The van der Waals surface area contributed by atoms with Crippen LogP contribution in [0.2, 0.25) is 0 Å². The summed E-state index contributed by atoms with van der Waals surface area (Å²) in [5, 5.41) is 0. The monoisotopic (exact) mass is 241 g/mol. The van der Waals surface area contributed by atoms with E-state index in [1.165, 1.54) is 16.7 Å². The molecular formula is C16H19NO. The Bertz CT molecular complexity index is 506. The van der Waals surface area contributed by atoms with E-state index in [0.29, 0.717) is 0 Å². The van der Waals surface area contributed by atoms with Gasteiger partial charge in [-0.2, -0.15) is 0 Å². The molecule has 0 radical (unpaired) electrons. The first-order valence-corrected chi connectivity index (χ1v) is 6.08. The number of rotatable bonds is 4. The second kappa shape index (κ2) is 5.69. The zero-order chi connectivity index (χ0) is 13.0. The smallest absolute Gasteiger partial charge is 0.123 e. The number of hydrogen-bond donors (Lipinski definition) is 0. The summed E-state index contributed by atoms with van der Waals surface area (Å²) in [5.74, 6) is 0.949. The fraction of sp³-hybridized carbons (Fsp3) is 0.250. The Morgan fingerprint density at radius 1 is 0.944 bits per heavy atom. The number of hydrogen-bond acceptors (Lipinski definition) is 2. The van der Waals surface area contributed by atoms with Crippen LogP contribution in [0.15, 0.2) is 48.5 Å². The van der Waals surface area contributed by atoms with Gasteiger partial charge in [0.05, 0.1) is 7.11 Å². The van der Waals surface area contributed by atoms with Gasteiger partial charge in [0.1, 0.15) is 5.75 Å². The fourth-order valence-corrected chi connectivity index (χ4v) is 2.12. The Kier molecular flexibility index (Phi) is 4.00. The Hall–Kier alpha value is -1.80. The van der Waals surface area contributed by atoms with Crippen LogP contribution in [0.5, 0.6) is 5.75 Å². The number of ether oxygens (including phenoxy) is 1. The quantitative estimate of drug-likeness (QED) is 0.813. The molecule has 0 bridgehead atoms. The van der Waals surface area contributed by atoms with Crippen molar-refractivity contribution in [2.45, 2.75) is 6.54 Å². The average Bonchev–Trinajstić information content (AvgIpc) is 2.39. The van der Waals surface area contributed by atoms with E-state index in [2.05, 4.69) is 49.3 Å². The zero-order valence-electron chi connectivity index (χ0n) is 11.2. The summed E-state index contributed by atoms with van der Waals surface area (Å²) in [6, 6.07) is 16.6. The topological polar surface area (TPSA) is 12.5 Å². The van der Waals surface area contributed by atoms with Crippen molar-refractivity contribution in [3.8, 4) is 16.9 Å². The summed E-state index contributed by atoms with van der Waals surface area (Å²) in [6.07, 6.45) is 0. The van der Waals surface area contributed by atoms with E-state index in [4.69, 9.17) is 4.74 Å². The molecule has 94 valence electrons. The Labute approximate surface area is 109 Å². The second-order valence-corrected chi connectivity index (χ2v) is 4.59. The molecule has 2 aromatic carbocycles. The second-order valence-electron chi connectivity index (χ2n) is 4.59. The van der Waals surface area contributed by atoms with Gasteiger partial charge in [0.2, 0.25) is 0 Å². The van der Waals surface area contributed by atoms with Gasteiger partial charge in [-0.15, -0.1) is 0 Å². The third-order valence-corrected chi connectivity index (χ3v) is 2.91. The van der Waals surface area contributed by atoms with E-state index in [9.17, 15) is 0 Å². The van der Waals surface area contributed by atoms with Crippen molar-refractivity contribution in [1.82, 2.24) is 4.90 Å². The molecule has 0 unspecified atom stereocenters. The van der Waals surface area contributed by atoms with Gasteiger partial charge in [0.25, 0.3) is 0 Å². The largest absolute Gasteiger partial charge is 0.496 e. The molecule has 0 heterocycles. The van der Waals surface area contributed by atoms with Gasteiger partial charge in [-0.1, -0.05) is 42.5 Å². The minimum absolute atomic E-state index is 0.869. The first-order valence-electron chi connectivity index (χ1n) is 6.08. The number of benzene rings is 2. The van der Waals surface area contributed by atoms with E-state index in [1.54, 1.807) is 7.11 Å². The molecule has 0 aliphatic carbocycles. The first kappa shape index (κ1) is 12.7. The normalized spacial score (nSPS) is 10.7. The highest BCUT2D eigenvalue weighted by molar-refractivity contribution is 5.70. The molecule has 18 heavy (non-hydrogen) atoms. The van der Waals surface area contributed by atoms with Crippen molar-refractivity contribution in [3.05, 3.63) is 54.1 Å². The predicted octanol–water partition coefficient (Wildman–Crippen LogP) is 3.42. The van der Waals surface area contributed by atoms with Crippen LogP contribution in [0.1, 0.15) is 5.56 Å². The van der Waals surface area contributed by atoms with Crippen LogP contribution in [-0.2, 0) is 6.54 Å². The van der Waals surface area contributed by atoms with Gasteiger partial charge in [0, 0.05) is 12.1 Å². The molecule has 0 saturated heterocycles. The average molecular weight is 241 g/mol. The van der Waals surface area contributed by atoms with E-state index < -0.39 is 0 Å². The molecule has 0 aliphatic heterocycles. The maximum atomic E-state index is 5.48. The van der Waals surface area contributed by atoms with Crippen molar-refractivity contribution >= 4 is 0 Å². The van der Waals surface area contributed by atoms with Crippen molar-refractivity contribution in [1.29, 1.82) is 0 Å². The molecular weight excluding hydrogens is 222 g/mol. The van der Waals surface area contributed by atoms with Gasteiger partial charge in [0.15, 0.2) is 0 Å². The molecule has 2 aromatic rings. The summed E-state index contributed by atoms with van der Waals surface area (Å²) in [5.41, 5.74) is 3.70. The molecule has 0 aromatic heterocycles. The molecule has 0 spiro atoms. The number of methoxy groups -OCH3 is 1. The van der Waals surface area contributed by atoms with E-state index in [-0.39, 0.29) is 0 Å². The molecule has 0 atom stereocenters. The lowest BCUT2D eigenvalue weighted by Gasteiger charge is -2.17. The third-order valence-electron chi connectivity index (χ3n) is 2.91. The van der Waals surface area contributed by atoms with Gasteiger partial charge >= 0.3 is 0 Å². The summed E-state index contributed by atoms with van der Waals surface area (Å²) < 4.78 is 5.48. The third kappa shape index (κ3) is 2.71. The highest BCUT2D eigenvalue weighted by Gasteiger charge is 2.11. The number of nitrogens with zero attached hydrogens (tertiary/aromatic N) is 1. The Morgan fingerprint density at radius 2 is 1.67 bits per heavy atom. The van der Waals surface area contributed by atoms with Crippen molar-refractivity contribution < 1.29 is 4.74 Å². The van der Waals surface area contributed by atoms with Crippen molar-refractivity contribution in [2.24, 2.45) is 0 Å². The van der Waals surface area contributed by atoms with Gasteiger partial charge in [-0.3, -0.25) is 0 Å². The summed E-state index contributed by atoms with van der Waals surface area (Å²) in [4.78, 5) is 2.16. The van der Waals surface area contributed by atoms with Crippen LogP contribution < -0.4 is 4.74 Å². The first-order chi connectivity index (χ1) is 8.72. The van der Waals surface area contributed by atoms with E-state index >= 15 is 0 Å².